The van der Waals surface area contributed by atoms with E-state index in [1.807, 2.05) is 71.5 Å². The quantitative estimate of drug-likeness (QED) is 0.261. The topological polar surface area (TPSA) is 53.4 Å². The summed E-state index contributed by atoms with van der Waals surface area (Å²) in [5.41, 5.74) is 3.93. The molecule has 3 aromatic carbocycles. The van der Waals surface area contributed by atoms with Crippen molar-refractivity contribution >= 4 is 27.8 Å². The van der Waals surface area contributed by atoms with Crippen LogP contribution in [0, 0.1) is 5.92 Å². The highest BCUT2D eigenvalue weighted by molar-refractivity contribution is 9.10. The van der Waals surface area contributed by atoms with E-state index in [0.717, 1.165) is 32.7 Å². The fourth-order valence-corrected chi connectivity index (χ4v) is 4.07. The first-order valence-electron chi connectivity index (χ1n) is 11.1. The summed E-state index contributed by atoms with van der Waals surface area (Å²) < 4.78 is 14.4. The molecule has 1 aliphatic rings. The van der Waals surface area contributed by atoms with E-state index in [1.54, 1.807) is 18.2 Å². The molecule has 0 saturated carbocycles. The van der Waals surface area contributed by atoms with Crippen molar-refractivity contribution in [1.82, 2.24) is 9.78 Å². The molecule has 0 radical (unpaired) electrons. The zero-order valence-electron chi connectivity index (χ0n) is 18.9. The summed E-state index contributed by atoms with van der Waals surface area (Å²) in [6.45, 7) is 4.90. The lowest BCUT2D eigenvalue weighted by Crippen LogP contribution is -2.04. The first kappa shape index (κ1) is 22.2. The SMILES string of the molecule is CC(C)COc1ccc(-c2nn(-c3ccccc3)cc2/C=C2\Oc3ccc(Br)cc3C2=O)cc1. The predicted molar refractivity (Wildman–Crippen MR) is 136 cm³/mol. The Balaban J connectivity index is 1.54. The van der Waals surface area contributed by atoms with E-state index in [2.05, 4.69) is 29.8 Å². The van der Waals surface area contributed by atoms with E-state index < -0.39 is 0 Å². The van der Waals surface area contributed by atoms with Crippen molar-refractivity contribution in [3.05, 3.63) is 100 Å². The van der Waals surface area contributed by atoms with Gasteiger partial charge in [0.2, 0.25) is 5.78 Å². The number of aromatic nitrogens is 2. The summed E-state index contributed by atoms with van der Waals surface area (Å²) in [7, 11) is 0. The van der Waals surface area contributed by atoms with E-state index in [9.17, 15) is 4.79 Å². The van der Waals surface area contributed by atoms with Gasteiger partial charge in [-0.3, -0.25) is 4.79 Å². The molecule has 1 aliphatic heterocycles. The third-order valence-electron chi connectivity index (χ3n) is 5.39. The molecule has 5 rings (SSSR count). The number of carbonyl (C=O) groups is 1. The van der Waals surface area contributed by atoms with Crippen LogP contribution in [0.4, 0.5) is 0 Å². The molecular formula is C28H23BrN2O3. The molecular weight excluding hydrogens is 492 g/mol. The van der Waals surface area contributed by atoms with Gasteiger partial charge >= 0.3 is 0 Å². The fraction of sp³-hybridized carbons (Fsp3) is 0.143. The standard InChI is InChI=1S/C28H23BrN2O3/c1-18(2)17-33-23-11-8-19(9-12-23)27-20(16-31(30-27)22-6-4-3-5-7-22)14-26-28(32)24-15-21(29)10-13-25(24)34-26/h3-16,18H,17H2,1-2H3/b26-14-. The van der Waals surface area contributed by atoms with Crippen molar-refractivity contribution < 1.29 is 14.3 Å². The molecule has 34 heavy (non-hydrogen) atoms. The Hall–Kier alpha value is -3.64. The van der Waals surface area contributed by atoms with Crippen molar-refractivity contribution in [2.75, 3.05) is 6.61 Å². The number of Topliss-reactive ketones (excluding diaryl/α,β-unsaturated/α-hetero) is 1. The maximum atomic E-state index is 13.0. The highest BCUT2D eigenvalue weighted by Gasteiger charge is 2.28. The van der Waals surface area contributed by atoms with Crippen LogP contribution in [0.25, 0.3) is 23.0 Å². The van der Waals surface area contributed by atoms with Gasteiger partial charge in [-0.1, -0.05) is 48.0 Å². The van der Waals surface area contributed by atoms with Gasteiger partial charge in [0.1, 0.15) is 17.2 Å². The Labute approximate surface area is 206 Å². The summed E-state index contributed by atoms with van der Waals surface area (Å²) in [5.74, 6) is 1.96. The molecule has 6 heteroatoms. The molecule has 4 aromatic rings. The largest absolute Gasteiger partial charge is 0.493 e. The Morgan fingerprint density at radius 3 is 2.56 bits per heavy atom. The van der Waals surface area contributed by atoms with Crippen LogP contribution in [0.5, 0.6) is 11.5 Å². The van der Waals surface area contributed by atoms with Gasteiger partial charge in [0.25, 0.3) is 0 Å². The van der Waals surface area contributed by atoms with Gasteiger partial charge in [-0.25, -0.2) is 4.68 Å². The monoisotopic (exact) mass is 514 g/mol. The molecule has 5 nitrogen and oxygen atoms in total. The van der Waals surface area contributed by atoms with Crippen LogP contribution in [0.3, 0.4) is 0 Å². The molecule has 2 heterocycles. The van der Waals surface area contributed by atoms with Gasteiger partial charge < -0.3 is 9.47 Å². The van der Waals surface area contributed by atoms with Gasteiger partial charge in [-0.05, 0) is 66.6 Å². The minimum atomic E-state index is -0.146. The van der Waals surface area contributed by atoms with E-state index in [1.165, 1.54) is 0 Å². The summed E-state index contributed by atoms with van der Waals surface area (Å²) >= 11 is 3.42. The molecule has 0 amide bonds. The maximum Gasteiger partial charge on any atom is 0.232 e. The Bertz CT molecular complexity index is 1370. The fourth-order valence-electron chi connectivity index (χ4n) is 3.70. The molecule has 0 aliphatic carbocycles. The Morgan fingerprint density at radius 1 is 1.06 bits per heavy atom. The number of hydrogen-bond donors (Lipinski definition) is 0. The highest BCUT2D eigenvalue weighted by Crippen LogP contribution is 2.35. The smallest absolute Gasteiger partial charge is 0.232 e. The number of allylic oxidation sites excluding steroid dienone is 1. The number of benzene rings is 3. The number of para-hydroxylation sites is 1. The van der Waals surface area contributed by atoms with Gasteiger partial charge in [-0.2, -0.15) is 5.10 Å². The number of ketones is 1. The number of rotatable bonds is 6. The second kappa shape index (κ2) is 9.31. The van der Waals surface area contributed by atoms with E-state index >= 15 is 0 Å². The first-order valence-corrected chi connectivity index (χ1v) is 11.9. The average molecular weight is 515 g/mol. The van der Waals surface area contributed by atoms with Crippen molar-refractivity contribution in [3.8, 4) is 28.4 Å². The van der Waals surface area contributed by atoms with Gasteiger partial charge in [-0.15, -0.1) is 0 Å². The lowest BCUT2D eigenvalue weighted by Gasteiger charge is -2.09. The summed E-state index contributed by atoms with van der Waals surface area (Å²) in [6, 6.07) is 23.2. The van der Waals surface area contributed by atoms with Gasteiger partial charge in [0.05, 0.1) is 17.9 Å². The summed E-state index contributed by atoms with van der Waals surface area (Å²) in [6.07, 6.45) is 3.68. The van der Waals surface area contributed by atoms with Crippen molar-refractivity contribution in [2.24, 2.45) is 5.92 Å². The Kier molecular flexibility index (Phi) is 6.07. The highest BCUT2D eigenvalue weighted by atomic mass is 79.9. The first-order chi connectivity index (χ1) is 16.5. The van der Waals surface area contributed by atoms with E-state index in [-0.39, 0.29) is 11.5 Å². The van der Waals surface area contributed by atoms with Crippen LogP contribution < -0.4 is 9.47 Å². The zero-order valence-corrected chi connectivity index (χ0v) is 20.5. The summed E-state index contributed by atoms with van der Waals surface area (Å²) in [5, 5.41) is 4.84. The minimum Gasteiger partial charge on any atom is -0.493 e. The van der Waals surface area contributed by atoms with Crippen LogP contribution in [0.15, 0.2) is 89.2 Å². The molecule has 0 saturated heterocycles. The van der Waals surface area contributed by atoms with Crippen LogP contribution in [0.1, 0.15) is 29.8 Å². The number of ether oxygens (including phenoxy) is 2. The van der Waals surface area contributed by atoms with Crippen LogP contribution in [0.2, 0.25) is 0 Å². The molecule has 170 valence electrons. The average Bonchev–Trinajstić information content (AvgIpc) is 3.40. The lowest BCUT2D eigenvalue weighted by molar-refractivity contribution is 0.101. The van der Waals surface area contributed by atoms with Gasteiger partial charge in [0.15, 0.2) is 5.76 Å². The van der Waals surface area contributed by atoms with Crippen LogP contribution >= 0.6 is 15.9 Å². The number of hydrogen-bond acceptors (Lipinski definition) is 4. The molecule has 0 unspecified atom stereocenters. The minimum absolute atomic E-state index is 0.146. The normalized spacial score (nSPS) is 13.9. The van der Waals surface area contributed by atoms with Crippen molar-refractivity contribution in [3.63, 3.8) is 0 Å². The molecule has 0 spiro atoms. The second-order valence-corrected chi connectivity index (χ2v) is 9.44. The molecule has 1 aromatic heterocycles. The summed E-state index contributed by atoms with van der Waals surface area (Å²) in [4.78, 5) is 13.0. The van der Waals surface area contributed by atoms with Crippen LogP contribution in [-0.4, -0.2) is 22.2 Å². The van der Waals surface area contributed by atoms with Gasteiger partial charge in [0, 0.05) is 21.8 Å². The van der Waals surface area contributed by atoms with E-state index in [0.29, 0.717) is 23.8 Å². The number of fused-ring (bicyclic) bond motifs is 1. The maximum absolute atomic E-state index is 13.0. The molecule has 0 atom stereocenters. The third-order valence-corrected chi connectivity index (χ3v) is 5.88. The van der Waals surface area contributed by atoms with Crippen molar-refractivity contribution in [2.45, 2.75) is 13.8 Å². The zero-order chi connectivity index (χ0) is 23.7. The van der Waals surface area contributed by atoms with Crippen molar-refractivity contribution in [1.29, 1.82) is 0 Å². The Morgan fingerprint density at radius 2 is 1.82 bits per heavy atom. The number of carbonyl (C=O) groups excluding carboxylic acids is 1. The second-order valence-electron chi connectivity index (χ2n) is 8.52. The third kappa shape index (κ3) is 4.54. The van der Waals surface area contributed by atoms with Crippen LogP contribution in [-0.2, 0) is 0 Å². The lowest BCUT2D eigenvalue weighted by atomic mass is 10.1. The number of nitrogens with zero attached hydrogens (tertiary/aromatic N) is 2. The van der Waals surface area contributed by atoms with E-state index in [4.69, 9.17) is 14.6 Å². The molecule has 0 fully saturated rings. The molecule has 0 bridgehead atoms. The molecule has 0 N–H and O–H groups in total. The number of halogens is 1. The predicted octanol–water partition coefficient (Wildman–Crippen LogP) is 6.95.